The smallest absolute Gasteiger partial charge is 0.251 e. The third-order valence-electron chi connectivity index (χ3n) is 2.45. The van der Waals surface area contributed by atoms with Crippen LogP contribution in [-0.4, -0.2) is 17.3 Å². The Hall–Kier alpha value is -0.830. The van der Waals surface area contributed by atoms with E-state index in [4.69, 9.17) is 0 Å². The van der Waals surface area contributed by atoms with E-state index < -0.39 is 0 Å². The topological polar surface area (TPSA) is 29.1 Å². The Kier molecular flexibility index (Phi) is 4.54. The molecule has 16 heavy (non-hydrogen) atoms. The van der Waals surface area contributed by atoms with Gasteiger partial charge in [0.25, 0.3) is 5.91 Å². The zero-order chi connectivity index (χ0) is 12.3. The van der Waals surface area contributed by atoms with Crippen LogP contribution in [0.3, 0.4) is 0 Å². The van der Waals surface area contributed by atoms with Gasteiger partial charge in [0.05, 0.1) is 0 Å². The summed E-state index contributed by atoms with van der Waals surface area (Å²) in [6.07, 6.45) is 0. The molecule has 1 unspecified atom stereocenters. The van der Waals surface area contributed by atoms with E-state index in [0.717, 1.165) is 16.7 Å². The molecule has 1 atom stereocenters. The first kappa shape index (κ1) is 13.2. The van der Waals surface area contributed by atoms with E-state index >= 15 is 0 Å². The Balaban J connectivity index is 2.91. The first-order valence-electron chi connectivity index (χ1n) is 5.42. The molecule has 0 aliphatic heterocycles. The van der Waals surface area contributed by atoms with E-state index in [9.17, 15) is 4.79 Å². The summed E-state index contributed by atoms with van der Waals surface area (Å²) in [6.45, 7) is 8.65. The van der Waals surface area contributed by atoms with Gasteiger partial charge in [0.15, 0.2) is 0 Å². The maximum absolute atomic E-state index is 12.0. The van der Waals surface area contributed by atoms with Gasteiger partial charge in [0.1, 0.15) is 0 Å². The number of alkyl halides is 1. The van der Waals surface area contributed by atoms with E-state index in [1.165, 1.54) is 5.56 Å². The molecule has 0 fully saturated rings. The lowest BCUT2D eigenvalue weighted by atomic mass is 9.99. The fourth-order valence-electron chi connectivity index (χ4n) is 1.86. The molecule has 1 N–H and O–H groups in total. The van der Waals surface area contributed by atoms with Crippen molar-refractivity contribution in [3.8, 4) is 0 Å². The van der Waals surface area contributed by atoms with Gasteiger partial charge < -0.3 is 5.32 Å². The minimum atomic E-state index is 0.0151. The Bertz CT molecular complexity index is 376. The molecule has 0 saturated heterocycles. The van der Waals surface area contributed by atoms with E-state index in [2.05, 4.69) is 21.2 Å². The van der Waals surface area contributed by atoms with Crippen molar-refractivity contribution in [2.75, 3.05) is 6.54 Å². The molecule has 0 heterocycles. The predicted molar refractivity (Wildman–Crippen MR) is 71.4 cm³/mol. The summed E-state index contributed by atoms with van der Waals surface area (Å²) in [7, 11) is 0. The molecule has 1 aromatic rings. The molecule has 0 spiro atoms. The molecule has 88 valence electrons. The first-order chi connectivity index (χ1) is 7.41. The van der Waals surface area contributed by atoms with Crippen LogP contribution < -0.4 is 5.32 Å². The fraction of sp³-hybridized carbons (Fsp3) is 0.462. The number of carbonyl (C=O) groups is 1. The van der Waals surface area contributed by atoms with E-state index in [1.54, 1.807) is 0 Å². The Morgan fingerprint density at radius 2 is 1.81 bits per heavy atom. The highest BCUT2D eigenvalue weighted by atomic mass is 79.9. The zero-order valence-corrected chi connectivity index (χ0v) is 11.8. The Labute approximate surface area is 106 Å². The van der Waals surface area contributed by atoms with Crippen molar-refractivity contribution in [2.45, 2.75) is 32.5 Å². The lowest BCUT2D eigenvalue weighted by Crippen LogP contribution is -2.29. The first-order valence-corrected chi connectivity index (χ1v) is 6.33. The van der Waals surface area contributed by atoms with Crippen molar-refractivity contribution in [2.24, 2.45) is 0 Å². The summed E-state index contributed by atoms with van der Waals surface area (Å²) < 4.78 is 0. The lowest BCUT2D eigenvalue weighted by molar-refractivity contribution is 0.0953. The highest BCUT2D eigenvalue weighted by molar-refractivity contribution is 9.09. The maximum Gasteiger partial charge on any atom is 0.251 e. The summed E-state index contributed by atoms with van der Waals surface area (Å²) in [5, 5.41) is 2.91. The molecule has 1 aromatic carbocycles. The van der Waals surface area contributed by atoms with Crippen molar-refractivity contribution >= 4 is 21.8 Å². The molecule has 0 bridgehead atoms. The minimum absolute atomic E-state index is 0.0151. The van der Waals surface area contributed by atoms with Crippen molar-refractivity contribution < 1.29 is 4.79 Å². The number of aryl methyl sites for hydroxylation is 3. The third kappa shape index (κ3) is 3.34. The second kappa shape index (κ2) is 5.48. The van der Waals surface area contributed by atoms with E-state index in [-0.39, 0.29) is 5.91 Å². The normalized spacial score (nSPS) is 12.3. The molecule has 0 aliphatic carbocycles. The standard InChI is InChI=1S/C13H18BrNO/c1-8-5-9(2)12(10(3)6-8)13(16)15-7-11(4)14/h5-6,11H,7H2,1-4H3,(H,15,16). The van der Waals surface area contributed by atoms with E-state index in [1.807, 2.05) is 39.8 Å². The highest BCUT2D eigenvalue weighted by Crippen LogP contribution is 2.16. The molecule has 1 amide bonds. The molecular formula is C13H18BrNO. The average molecular weight is 284 g/mol. The minimum Gasteiger partial charge on any atom is -0.351 e. The average Bonchev–Trinajstić information content (AvgIpc) is 2.12. The van der Waals surface area contributed by atoms with Gasteiger partial charge in [-0.3, -0.25) is 4.79 Å². The summed E-state index contributed by atoms with van der Waals surface area (Å²) in [5.41, 5.74) is 4.08. The van der Waals surface area contributed by atoms with Crippen LogP contribution in [0, 0.1) is 20.8 Å². The second-order valence-electron chi connectivity index (χ2n) is 4.26. The van der Waals surface area contributed by atoms with Crippen LogP contribution >= 0.6 is 15.9 Å². The number of rotatable bonds is 3. The van der Waals surface area contributed by atoms with Crippen LogP contribution in [0.25, 0.3) is 0 Å². The van der Waals surface area contributed by atoms with Crippen LogP contribution in [-0.2, 0) is 0 Å². The van der Waals surface area contributed by atoms with Gasteiger partial charge in [-0.15, -0.1) is 0 Å². The number of carbonyl (C=O) groups excluding carboxylic acids is 1. The number of hydrogen-bond acceptors (Lipinski definition) is 1. The van der Waals surface area contributed by atoms with Crippen LogP contribution in [0.1, 0.15) is 34.0 Å². The molecule has 0 radical (unpaired) electrons. The molecular weight excluding hydrogens is 266 g/mol. The summed E-state index contributed by atoms with van der Waals surface area (Å²) in [6, 6.07) is 4.08. The fourth-order valence-corrected chi connectivity index (χ4v) is 2.02. The summed E-state index contributed by atoms with van der Waals surface area (Å²) in [5.74, 6) is 0.0151. The zero-order valence-electron chi connectivity index (χ0n) is 10.2. The molecule has 0 saturated carbocycles. The maximum atomic E-state index is 12.0. The Morgan fingerprint density at radius 3 is 2.25 bits per heavy atom. The highest BCUT2D eigenvalue weighted by Gasteiger charge is 2.12. The molecule has 3 heteroatoms. The van der Waals surface area contributed by atoms with Crippen molar-refractivity contribution in [3.05, 3.63) is 34.4 Å². The predicted octanol–water partition coefficient (Wildman–Crippen LogP) is 3.13. The van der Waals surface area contributed by atoms with Gasteiger partial charge in [0.2, 0.25) is 0 Å². The van der Waals surface area contributed by atoms with Crippen LogP contribution in [0.15, 0.2) is 12.1 Å². The van der Waals surface area contributed by atoms with Crippen molar-refractivity contribution in [1.82, 2.24) is 5.32 Å². The van der Waals surface area contributed by atoms with Crippen molar-refractivity contribution in [1.29, 1.82) is 0 Å². The van der Waals surface area contributed by atoms with Crippen LogP contribution in [0.5, 0.6) is 0 Å². The number of amides is 1. The summed E-state index contributed by atoms with van der Waals surface area (Å²) in [4.78, 5) is 12.3. The number of benzene rings is 1. The molecule has 0 aliphatic rings. The monoisotopic (exact) mass is 283 g/mol. The molecule has 1 rings (SSSR count). The van der Waals surface area contributed by atoms with Crippen molar-refractivity contribution in [3.63, 3.8) is 0 Å². The Morgan fingerprint density at radius 1 is 1.31 bits per heavy atom. The van der Waals surface area contributed by atoms with Gasteiger partial charge in [0, 0.05) is 16.9 Å². The molecule has 0 aromatic heterocycles. The van der Waals surface area contributed by atoms with Gasteiger partial charge in [-0.1, -0.05) is 40.5 Å². The summed E-state index contributed by atoms with van der Waals surface area (Å²) >= 11 is 3.41. The van der Waals surface area contributed by atoms with Crippen LogP contribution in [0.4, 0.5) is 0 Å². The molecule has 2 nitrogen and oxygen atoms in total. The number of hydrogen-bond donors (Lipinski definition) is 1. The van der Waals surface area contributed by atoms with Gasteiger partial charge in [-0.2, -0.15) is 0 Å². The number of nitrogens with one attached hydrogen (secondary N) is 1. The van der Waals surface area contributed by atoms with Gasteiger partial charge in [-0.25, -0.2) is 0 Å². The number of halogens is 1. The SMILES string of the molecule is Cc1cc(C)c(C(=O)NCC(C)Br)c(C)c1. The third-order valence-corrected chi connectivity index (χ3v) is 2.77. The van der Waals surface area contributed by atoms with Gasteiger partial charge in [-0.05, 0) is 31.9 Å². The largest absolute Gasteiger partial charge is 0.351 e. The lowest BCUT2D eigenvalue weighted by Gasteiger charge is -2.12. The van der Waals surface area contributed by atoms with E-state index in [0.29, 0.717) is 11.4 Å². The second-order valence-corrected chi connectivity index (χ2v) is 5.83. The quantitative estimate of drug-likeness (QED) is 0.849. The van der Waals surface area contributed by atoms with Gasteiger partial charge >= 0.3 is 0 Å². The van der Waals surface area contributed by atoms with Crippen LogP contribution in [0.2, 0.25) is 0 Å².